The quantitative estimate of drug-likeness (QED) is 0.657. The summed E-state index contributed by atoms with van der Waals surface area (Å²) in [6.45, 7) is -0.494. The molecule has 1 aromatic heterocycles. The van der Waals surface area contributed by atoms with Crippen LogP contribution in [0.1, 0.15) is 10.4 Å². The van der Waals surface area contributed by atoms with Crippen molar-refractivity contribution < 1.29 is 22.8 Å². The smallest absolute Gasteiger partial charge is 0.251 e. The van der Waals surface area contributed by atoms with Crippen LogP contribution in [0.25, 0.3) is 5.69 Å². The number of hydrogen-bond acceptors (Lipinski definition) is 5. The lowest BCUT2D eigenvalue weighted by Crippen LogP contribution is -2.33. The number of carbonyl (C=O) groups excluding carboxylic acids is 2. The van der Waals surface area contributed by atoms with Crippen LogP contribution in [0, 0.1) is 17.5 Å². The largest absolute Gasteiger partial charge is 0.343 e. The molecule has 1 heterocycles. The van der Waals surface area contributed by atoms with E-state index in [1.54, 1.807) is 12.1 Å². The Morgan fingerprint density at radius 1 is 1.00 bits per heavy atom. The van der Waals surface area contributed by atoms with Gasteiger partial charge in [-0.15, -0.1) is 5.10 Å². The van der Waals surface area contributed by atoms with Crippen LogP contribution in [0.5, 0.6) is 0 Å². The minimum Gasteiger partial charge on any atom is -0.343 e. The first-order chi connectivity index (χ1) is 13.0. The molecule has 0 fully saturated rings. The van der Waals surface area contributed by atoms with Crippen molar-refractivity contribution in [3.05, 3.63) is 65.7 Å². The van der Waals surface area contributed by atoms with Gasteiger partial charge in [-0.2, -0.15) is 0 Å². The average molecular weight is 376 g/mol. The lowest BCUT2D eigenvalue weighted by molar-refractivity contribution is -0.115. The summed E-state index contributed by atoms with van der Waals surface area (Å²) < 4.78 is 40.9. The molecule has 2 aromatic carbocycles. The van der Waals surface area contributed by atoms with Crippen molar-refractivity contribution in [2.75, 3.05) is 11.9 Å². The van der Waals surface area contributed by atoms with Gasteiger partial charge < -0.3 is 10.6 Å². The van der Waals surface area contributed by atoms with Gasteiger partial charge >= 0.3 is 0 Å². The third-order valence-electron chi connectivity index (χ3n) is 3.46. The zero-order chi connectivity index (χ0) is 19.4. The van der Waals surface area contributed by atoms with Crippen LogP contribution in [0.3, 0.4) is 0 Å². The second-order valence-corrected chi connectivity index (χ2v) is 5.26. The number of amides is 2. The van der Waals surface area contributed by atoms with Crippen LogP contribution < -0.4 is 10.6 Å². The number of nitrogens with one attached hydrogen (secondary N) is 2. The highest BCUT2D eigenvalue weighted by Crippen LogP contribution is 2.19. The number of tetrazole rings is 1. The fourth-order valence-corrected chi connectivity index (χ4v) is 2.12. The summed E-state index contributed by atoms with van der Waals surface area (Å²) in [7, 11) is 0. The molecule has 0 bridgehead atoms. The normalized spacial score (nSPS) is 10.5. The Morgan fingerprint density at radius 3 is 2.41 bits per heavy atom. The van der Waals surface area contributed by atoms with E-state index in [-0.39, 0.29) is 5.56 Å². The molecule has 0 aliphatic heterocycles. The SMILES string of the molecule is O=C(CNC(=O)c1ccc(-n2cnnn2)cc1)Nc1ccc(F)c(F)c1F. The van der Waals surface area contributed by atoms with Gasteiger partial charge in [-0.25, -0.2) is 17.9 Å². The van der Waals surface area contributed by atoms with E-state index in [9.17, 15) is 22.8 Å². The number of hydrogen-bond donors (Lipinski definition) is 2. The van der Waals surface area contributed by atoms with Gasteiger partial charge in [0.2, 0.25) is 5.91 Å². The highest BCUT2D eigenvalue weighted by molar-refractivity contribution is 5.99. The Kier molecular flexibility index (Phi) is 5.11. The monoisotopic (exact) mass is 376 g/mol. The standard InChI is InChI=1S/C16H11F3N6O2/c17-11-5-6-12(15(19)14(11)18)22-13(26)7-20-16(27)9-1-3-10(4-2-9)25-8-21-23-24-25/h1-6,8H,7H2,(H,20,27)(H,22,26). The van der Waals surface area contributed by atoms with Crippen LogP contribution in [-0.4, -0.2) is 38.6 Å². The highest BCUT2D eigenvalue weighted by Gasteiger charge is 2.16. The van der Waals surface area contributed by atoms with Crippen molar-refractivity contribution in [3.8, 4) is 5.69 Å². The summed E-state index contributed by atoms with van der Waals surface area (Å²) in [5.74, 6) is -5.95. The van der Waals surface area contributed by atoms with Crippen molar-refractivity contribution in [2.45, 2.75) is 0 Å². The van der Waals surface area contributed by atoms with Gasteiger partial charge in [0.05, 0.1) is 17.9 Å². The number of nitrogens with zero attached hydrogens (tertiary/aromatic N) is 4. The lowest BCUT2D eigenvalue weighted by Gasteiger charge is -2.09. The summed E-state index contributed by atoms with van der Waals surface area (Å²) in [6, 6.07) is 7.76. The summed E-state index contributed by atoms with van der Waals surface area (Å²) >= 11 is 0. The molecule has 8 nitrogen and oxygen atoms in total. The Morgan fingerprint density at radius 2 is 1.74 bits per heavy atom. The molecule has 0 radical (unpaired) electrons. The van der Waals surface area contributed by atoms with E-state index in [4.69, 9.17) is 0 Å². The van der Waals surface area contributed by atoms with Crippen molar-refractivity contribution in [1.29, 1.82) is 0 Å². The molecule has 0 unspecified atom stereocenters. The molecule has 0 saturated carbocycles. The van der Waals surface area contributed by atoms with Crippen LogP contribution in [0.2, 0.25) is 0 Å². The maximum absolute atomic E-state index is 13.5. The molecule has 3 aromatic rings. The number of benzene rings is 2. The first-order valence-corrected chi connectivity index (χ1v) is 7.50. The lowest BCUT2D eigenvalue weighted by atomic mass is 10.2. The number of anilines is 1. The summed E-state index contributed by atoms with van der Waals surface area (Å²) in [6.07, 6.45) is 1.39. The molecule has 2 amide bonds. The van der Waals surface area contributed by atoms with Crippen LogP contribution in [0.15, 0.2) is 42.7 Å². The van der Waals surface area contributed by atoms with E-state index >= 15 is 0 Å². The van der Waals surface area contributed by atoms with Gasteiger partial charge in [0.25, 0.3) is 5.91 Å². The molecule has 11 heteroatoms. The molecule has 3 rings (SSSR count). The molecule has 2 N–H and O–H groups in total. The Balaban J connectivity index is 1.57. The molecular weight excluding hydrogens is 365 g/mol. The fourth-order valence-electron chi connectivity index (χ4n) is 2.12. The Hall–Kier alpha value is -3.76. The number of halogens is 3. The van der Waals surface area contributed by atoms with E-state index in [0.29, 0.717) is 11.8 Å². The first kappa shape index (κ1) is 18.0. The van der Waals surface area contributed by atoms with Gasteiger partial charge in [-0.1, -0.05) is 0 Å². The topological polar surface area (TPSA) is 102 Å². The molecule has 0 atom stereocenters. The van der Waals surface area contributed by atoms with Gasteiger partial charge in [0.1, 0.15) is 6.33 Å². The Labute approximate surface area is 150 Å². The number of carbonyl (C=O) groups is 2. The molecule has 0 aliphatic carbocycles. The minimum atomic E-state index is -1.69. The van der Waals surface area contributed by atoms with Gasteiger partial charge in [0.15, 0.2) is 17.5 Å². The van der Waals surface area contributed by atoms with Gasteiger partial charge in [-0.05, 0) is 46.8 Å². The predicted octanol–water partition coefficient (Wildman–Crippen LogP) is 1.45. The predicted molar refractivity (Wildman–Crippen MR) is 86.4 cm³/mol. The van der Waals surface area contributed by atoms with E-state index < -0.39 is 41.5 Å². The molecule has 0 saturated heterocycles. The highest BCUT2D eigenvalue weighted by atomic mass is 19.2. The van der Waals surface area contributed by atoms with E-state index in [1.165, 1.54) is 23.1 Å². The zero-order valence-electron chi connectivity index (χ0n) is 13.5. The van der Waals surface area contributed by atoms with Crippen LogP contribution in [-0.2, 0) is 4.79 Å². The van der Waals surface area contributed by atoms with Crippen molar-refractivity contribution in [3.63, 3.8) is 0 Å². The average Bonchev–Trinajstić information content (AvgIpc) is 3.21. The molecule has 138 valence electrons. The number of rotatable bonds is 5. The number of aromatic nitrogens is 4. The summed E-state index contributed by atoms with van der Waals surface area (Å²) in [5, 5.41) is 15.1. The van der Waals surface area contributed by atoms with Crippen molar-refractivity contribution in [2.24, 2.45) is 0 Å². The second-order valence-electron chi connectivity index (χ2n) is 5.26. The maximum Gasteiger partial charge on any atom is 0.251 e. The third kappa shape index (κ3) is 4.08. The van der Waals surface area contributed by atoms with Crippen LogP contribution in [0.4, 0.5) is 18.9 Å². The molecular formula is C16H11F3N6O2. The fraction of sp³-hybridized carbons (Fsp3) is 0.0625. The summed E-state index contributed by atoms with van der Waals surface area (Å²) in [5.41, 5.74) is 0.362. The van der Waals surface area contributed by atoms with E-state index in [0.717, 1.165) is 6.07 Å². The van der Waals surface area contributed by atoms with Crippen molar-refractivity contribution >= 4 is 17.5 Å². The van der Waals surface area contributed by atoms with Gasteiger partial charge in [-0.3, -0.25) is 9.59 Å². The summed E-state index contributed by atoms with van der Waals surface area (Å²) in [4.78, 5) is 23.8. The molecule has 0 spiro atoms. The van der Waals surface area contributed by atoms with E-state index in [2.05, 4.69) is 26.2 Å². The molecule has 27 heavy (non-hydrogen) atoms. The third-order valence-corrected chi connectivity index (χ3v) is 3.46. The molecule has 0 aliphatic rings. The maximum atomic E-state index is 13.5. The minimum absolute atomic E-state index is 0.263. The van der Waals surface area contributed by atoms with Crippen LogP contribution >= 0.6 is 0 Å². The first-order valence-electron chi connectivity index (χ1n) is 7.50. The zero-order valence-corrected chi connectivity index (χ0v) is 13.5. The van der Waals surface area contributed by atoms with Crippen molar-refractivity contribution in [1.82, 2.24) is 25.5 Å². The second kappa shape index (κ2) is 7.64. The van der Waals surface area contributed by atoms with Gasteiger partial charge in [0, 0.05) is 5.56 Å². The Bertz CT molecular complexity index is 977. The van der Waals surface area contributed by atoms with E-state index in [1.807, 2.05) is 0 Å².